The van der Waals surface area contributed by atoms with Crippen molar-refractivity contribution in [2.24, 2.45) is 0 Å². The van der Waals surface area contributed by atoms with Gasteiger partial charge in [0.25, 0.3) is 0 Å². The maximum absolute atomic E-state index is 12.3. The standard InChI is InChI=1S/C20H25BrN2O3S/c1-2-23(18-7-4-3-5-8-18)15-6-14-22-20(24)13-16-27(25,26)19-11-9-17(21)10-12-19/h3-5,7-12H,2,6,13-16H2,1H3,(H,22,24). The third-order valence-corrected chi connectivity index (χ3v) is 6.46. The number of hydrogen-bond acceptors (Lipinski definition) is 4. The molecule has 27 heavy (non-hydrogen) atoms. The maximum atomic E-state index is 12.3. The van der Waals surface area contributed by atoms with E-state index in [1.54, 1.807) is 24.3 Å². The number of carbonyl (C=O) groups is 1. The van der Waals surface area contributed by atoms with E-state index >= 15 is 0 Å². The Labute approximate surface area is 169 Å². The van der Waals surface area contributed by atoms with Gasteiger partial charge < -0.3 is 10.2 Å². The van der Waals surface area contributed by atoms with Crippen LogP contribution in [0.2, 0.25) is 0 Å². The molecule has 0 heterocycles. The van der Waals surface area contributed by atoms with E-state index in [9.17, 15) is 13.2 Å². The summed E-state index contributed by atoms with van der Waals surface area (Å²) in [5, 5.41) is 2.81. The van der Waals surface area contributed by atoms with E-state index in [0.717, 1.165) is 29.7 Å². The lowest BCUT2D eigenvalue weighted by atomic mass is 10.2. The van der Waals surface area contributed by atoms with Gasteiger partial charge in [0.2, 0.25) is 5.91 Å². The summed E-state index contributed by atoms with van der Waals surface area (Å²) in [6.07, 6.45) is 0.766. The van der Waals surface area contributed by atoms with Crippen molar-refractivity contribution >= 4 is 37.4 Å². The number of rotatable bonds is 10. The zero-order chi connectivity index (χ0) is 19.7. The number of anilines is 1. The summed E-state index contributed by atoms with van der Waals surface area (Å²) in [6, 6.07) is 16.6. The van der Waals surface area contributed by atoms with Crippen molar-refractivity contribution in [1.29, 1.82) is 0 Å². The van der Waals surface area contributed by atoms with Gasteiger partial charge in [-0.05, 0) is 49.7 Å². The van der Waals surface area contributed by atoms with Gasteiger partial charge >= 0.3 is 0 Å². The number of sulfone groups is 1. The number of nitrogens with zero attached hydrogens (tertiary/aromatic N) is 1. The molecule has 1 N–H and O–H groups in total. The number of nitrogens with one attached hydrogen (secondary N) is 1. The van der Waals surface area contributed by atoms with Crippen LogP contribution >= 0.6 is 15.9 Å². The summed E-state index contributed by atoms with van der Waals surface area (Å²) in [6.45, 7) is 4.35. The average molecular weight is 453 g/mol. The smallest absolute Gasteiger partial charge is 0.221 e. The van der Waals surface area contributed by atoms with Gasteiger partial charge in [0, 0.05) is 36.2 Å². The third kappa shape index (κ3) is 6.99. The molecule has 146 valence electrons. The van der Waals surface area contributed by atoms with E-state index in [-0.39, 0.29) is 23.0 Å². The Morgan fingerprint density at radius 1 is 1.07 bits per heavy atom. The normalized spacial score (nSPS) is 11.2. The molecule has 0 aliphatic carbocycles. The van der Waals surface area contributed by atoms with E-state index in [4.69, 9.17) is 0 Å². The van der Waals surface area contributed by atoms with Crippen LogP contribution in [0.3, 0.4) is 0 Å². The zero-order valence-corrected chi connectivity index (χ0v) is 17.8. The van der Waals surface area contributed by atoms with Crippen LogP contribution in [0.15, 0.2) is 64.0 Å². The van der Waals surface area contributed by atoms with Crippen LogP contribution in [-0.4, -0.2) is 39.7 Å². The van der Waals surface area contributed by atoms with Crippen LogP contribution in [0.1, 0.15) is 19.8 Å². The predicted octanol–water partition coefficient (Wildman–Crippen LogP) is 3.65. The Kier molecular flexibility index (Phi) is 8.31. The highest BCUT2D eigenvalue weighted by Crippen LogP contribution is 2.16. The fraction of sp³-hybridized carbons (Fsp3) is 0.350. The minimum atomic E-state index is -3.45. The highest BCUT2D eigenvalue weighted by Gasteiger charge is 2.16. The first kappa shape index (κ1) is 21.4. The summed E-state index contributed by atoms with van der Waals surface area (Å²) < 4.78 is 25.3. The van der Waals surface area contributed by atoms with Gasteiger partial charge in [-0.25, -0.2) is 8.42 Å². The third-order valence-electron chi connectivity index (χ3n) is 4.20. The number of halogens is 1. The molecule has 0 aromatic heterocycles. The molecule has 0 bridgehead atoms. The highest BCUT2D eigenvalue weighted by atomic mass is 79.9. The van der Waals surface area contributed by atoms with Crippen LogP contribution in [0, 0.1) is 0 Å². The van der Waals surface area contributed by atoms with Crippen LogP contribution < -0.4 is 10.2 Å². The van der Waals surface area contributed by atoms with Crippen molar-refractivity contribution in [2.75, 3.05) is 30.3 Å². The van der Waals surface area contributed by atoms with Gasteiger partial charge in [0.1, 0.15) is 0 Å². The molecule has 0 aliphatic rings. The first-order valence-corrected chi connectivity index (χ1v) is 11.4. The number of para-hydroxylation sites is 1. The zero-order valence-electron chi connectivity index (χ0n) is 15.4. The Hall–Kier alpha value is -1.86. The quantitative estimate of drug-likeness (QED) is 0.558. The molecule has 0 fully saturated rings. The van der Waals surface area contributed by atoms with Crippen LogP contribution in [0.5, 0.6) is 0 Å². The highest BCUT2D eigenvalue weighted by molar-refractivity contribution is 9.10. The van der Waals surface area contributed by atoms with Gasteiger partial charge in [-0.1, -0.05) is 34.1 Å². The molecule has 0 saturated carbocycles. The first-order chi connectivity index (χ1) is 12.9. The van der Waals surface area contributed by atoms with Gasteiger partial charge in [0.05, 0.1) is 10.6 Å². The Bertz CT molecular complexity index is 824. The number of benzene rings is 2. The summed E-state index contributed by atoms with van der Waals surface area (Å²) in [5.74, 6) is -0.426. The topological polar surface area (TPSA) is 66.5 Å². The van der Waals surface area contributed by atoms with Crippen molar-refractivity contribution in [2.45, 2.75) is 24.7 Å². The lowest BCUT2D eigenvalue weighted by molar-refractivity contribution is -0.120. The first-order valence-electron chi connectivity index (χ1n) is 8.97. The van der Waals surface area contributed by atoms with Crippen molar-refractivity contribution in [3.8, 4) is 0 Å². The van der Waals surface area contributed by atoms with Gasteiger partial charge in [-0.3, -0.25) is 4.79 Å². The second-order valence-corrected chi connectivity index (χ2v) is 9.17. The monoisotopic (exact) mass is 452 g/mol. The molecule has 0 saturated heterocycles. The van der Waals surface area contributed by atoms with E-state index in [1.165, 1.54) is 0 Å². The molecule has 0 atom stereocenters. The SMILES string of the molecule is CCN(CCCNC(=O)CCS(=O)(=O)c1ccc(Br)cc1)c1ccccc1. The molecule has 2 aromatic carbocycles. The van der Waals surface area contributed by atoms with Crippen LogP contribution in [0.25, 0.3) is 0 Å². The largest absolute Gasteiger partial charge is 0.372 e. The van der Waals surface area contributed by atoms with Crippen molar-refractivity contribution in [3.05, 3.63) is 59.1 Å². The maximum Gasteiger partial charge on any atom is 0.221 e. The molecule has 5 nitrogen and oxygen atoms in total. The number of amides is 1. The minimum Gasteiger partial charge on any atom is -0.372 e. The molecule has 2 aromatic rings. The number of hydrogen-bond donors (Lipinski definition) is 1. The second kappa shape index (κ2) is 10.5. The molecule has 1 amide bonds. The van der Waals surface area contributed by atoms with Crippen molar-refractivity contribution < 1.29 is 13.2 Å². The Morgan fingerprint density at radius 2 is 1.74 bits per heavy atom. The van der Waals surface area contributed by atoms with Gasteiger partial charge in [0.15, 0.2) is 9.84 Å². The summed E-state index contributed by atoms with van der Waals surface area (Å²) >= 11 is 3.28. The molecule has 0 aliphatic heterocycles. The average Bonchev–Trinajstić information content (AvgIpc) is 2.67. The van der Waals surface area contributed by atoms with Crippen LogP contribution in [-0.2, 0) is 14.6 Å². The van der Waals surface area contributed by atoms with Gasteiger partial charge in [-0.15, -0.1) is 0 Å². The minimum absolute atomic E-state index is 0.0332. The van der Waals surface area contributed by atoms with E-state index < -0.39 is 9.84 Å². The Morgan fingerprint density at radius 3 is 2.37 bits per heavy atom. The molecule has 2 rings (SSSR count). The summed E-state index contributed by atoms with van der Waals surface area (Å²) in [5.41, 5.74) is 1.16. The summed E-state index contributed by atoms with van der Waals surface area (Å²) in [4.78, 5) is 14.4. The van der Waals surface area contributed by atoms with Crippen molar-refractivity contribution in [1.82, 2.24) is 5.32 Å². The van der Waals surface area contributed by atoms with E-state index in [0.29, 0.717) is 6.54 Å². The fourth-order valence-corrected chi connectivity index (χ4v) is 4.19. The molecule has 0 radical (unpaired) electrons. The number of carbonyl (C=O) groups excluding carboxylic acids is 1. The predicted molar refractivity (Wildman–Crippen MR) is 113 cm³/mol. The lowest BCUT2D eigenvalue weighted by Gasteiger charge is -2.23. The fourth-order valence-electron chi connectivity index (χ4n) is 2.68. The van der Waals surface area contributed by atoms with Crippen LogP contribution in [0.4, 0.5) is 5.69 Å². The molecule has 0 spiro atoms. The van der Waals surface area contributed by atoms with E-state index in [2.05, 4.69) is 45.2 Å². The lowest BCUT2D eigenvalue weighted by Crippen LogP contribution is -2.30. The molecular formula is C20H25BrN2O3S. The summed E-state index contributed by atoms with van der Waals surface area (Å²) in [7, 11) is -3.45. The van der Waals surface area contributed by atoms with Crippen molar-refractivity contribution in [3.63, 3.8) is 0 Å². The van der Waals surface area contributed by atoms with Gasteiger partial charge in [-0.2, -0.15) is 0 Å². The molecule has 7 heteroatoms. The molecule has 0 unspecified atom stereocenters. The molecular weight excluding hydrogens is 428 g/mol. The Balaban J connectivity index is 1.72. The second-order valence-electron chi connectivity index (χ2n) is 6.14. The van der Waals surface area contributed by atoms with E-state index in [1.807, 2.05) is 18.2 Å².